The number of hydrogen-bond acceptors (Lipinski definition) is 4. The Kier molecular flexibility index (Phi) is 7.42. The molecule has 0 radical (unpaired) electrons. The van der Waals surface area contributed by atoms with E-state index < -0.39 is 6.10 Å². The third-order valence-electron chi connectivity index (χ3n) is 1.72. The van der Waals surface area contributed by atoms with Crippen molar-refractivity contribution in [1.29, 1.82) is 0 Å². The topological polar surface area (TPSA) is 44.8 Å². The van der Waals surface area contributed by atoms with Gasteiger partial charge in [-0.3, -0.25) is 0 Å². The summed E-state index contributed by atoms with van der Waals surface area (Å²) >= 11 is 0. The summed E-state index contributed by atoms with van der Waals surface area (Å²) in [6.07, 6.45) is 0.478. The van der Waals surface area contributed by atoms with Crippen LogP contribution in [0.3, 0.4) is 0 Å². The number of carbonyl (C=O) groups excluding carboxylic acids is 1. The number of methoxy groups -OCH3 is 1. The maximum absolute atomic E-state index is 11.0. The van der Waals surface area contributed by atoms with Crippen molar-refractivity contribution in [2.45, 2.75) is 39.4 Å². The quantitative estimate of drug-likeness (QED) is 0.588. The molecule has 0 aliphatic heterocycles. The summed E-state index contributed by atoms with van der Waals surface area (Å²) in [5.74, 6) is -0.354. The van der Waals surface area contributed by atoms with Crippen LogP contribution >= 0.6 is 0 Å². The van der Waals surface area contributed by atoms with Gasteiger partial charge in [-0.05, 0) is 20.3 Å². The predicted molar refractivity (Wildman–Crippen MR) is 53.1 cm³/mol. The third kappa shape index (κ3) is 5.94. The normalized spacial score (nSPS) is 14.9. The van der Waals surface area contributed by atoms with E-state index in [-0.39, 0.29) is 12.1 Å². The van der Waals surface area contributed by atoms with Crippen molar-refractivity contribution in [3.63, 3.8) is 0 Å². The predicted octanol–water partition coefficient (Wildman–Crippen LogP) is 1.38. The molecule has 4 heteroatoms. The minimum atomic E-state index is -0.521. The molecule has 0 spiro atoms. The van der Waals surface area contributed by atoms with Gasteiger partial charge < -0.3 is 14.2 Å². The van der Waals surface area contributed by atoms with Gasteiger partial charge in [-0.25, -0.2) is 4.79 Å². The summed E-state index contributed by atoms with van der Waals surface area (Å²) in [6.45, 7) is 6.76. The highest BCUT2D eigenvalue weighted by Crippen LogP contribution is 1.98. The molecule has 14 heavy (non-hydrogen) atoms. The third-order valence-corrected chi connectivity index (χ3v) is 1.72. The molecule has 0 bridgehead atoms. The van der Waals surface area contributed by atoms with Gasteiger partial charge in [-0.2, -0.15) is 0 Å². The molecule has 2 unspecified atom stereocenters. The fourth-order valence-electron chi connectivity index (χ4n) is 0.881. The van der Waals surface area contributed by atoms with E-state index in [1.807, 2.05) is 13.8 Å². The summed E-state index contributed by atoms with van der Waals surface area (Å²) in [5.41, 5.74) is 0. The molecular formula is C10H20O4. The monoisotopic (exact) mass is 204 g/mol. The number of ether oxygens (including phenoxy) is 3. The van der Waals surface area contributed by atoms with Crippen molar-refractivity contribution in [3.05, 3.63) is 0 Å². The van der Waals surface area contributed by atoms with Gasteiger partial charge in [0.1, 0.15) is 0 Å². The van der Waals surface area contributed by atoms with Crippen molar-refractivity contribution in [2.75, 3.05) is 20.3 Å². The number of esters is 1. The van der Waals surface area contributed by atoms with E-state index >= 15 is 0 Å². The lowest BCUT2D eigenvalue weighted by molar-refractivity contribution is -0.155. The van der Waals surface area contributed by atoms with E-state index in [2.05, 4.69) is 4.74 Å². The zero-order valence-corrected chi connectivity index (χ0v) is 9.41. The molecule has 0 saturated carbocycles. The second-order valence-corrected chi connectivity index (χ2v) is 3.18. The molecule has 0 rings (SSSR count). The van der Waals surface area contributed by atoms with Crippen LogP contribution in [0.1, 0.15) is 27.2 Å². The van der Waals surface area contributed by atoms with Crippen LogP contribution in [0.4, 0.5) is 0 Å². The van der Waals surface area contributed by atoms with Crippen LogP contribution in [0.25, 0.3) is 0 Å². The summed E-state index contributed by atoms with van der Waals surface area (Å²) < 4.78 is 15.2. The molecule has 4 nitrogen and oxygen atoms in total. The zero-order valence-electron chi connectivity index (χ0n) is 9.41. The highest BCUT2D eigenvalue weighted by molar-refractivity contribution is 5.73. The first kappa shape index (κ1) is 13.4. The van der Waals surface area contributed by atoms with Gasteiger partial charge >= 0.3 is 5.97 Å². The molecule has 0 aromatic carbocycles. The Hall–Kier alpha value is -0.610. The molecule has 0 aliphatic rings. The van der Waals surface area contributed by atoms with E-state index in [1.54, 1.807) is 6.92 Å². The van der Waals surface area contributed by atoms with Crippen LogP contribution in [-0.2, 0) is 19.0 Å². The van der Waals surface area contributed by atoms with E-state index in [1.165, 1.54) is 7.11 Å². The van der Waals surface area contributed by atoms with Crippen LogP contribution in [0, 0.1) is 0 Å². The highest BCUT2D eigenvalue weighted by Gasteiger charge is 2.14. The molecule has 0 aromatic heterocycles. The Morgan fingerprint density at radius 1 is 1.29 bits per heavy atom. The Bertz CT molecular complexity index is 158. The van der Waals surface area contributed by atoms with Gasteiger partial charge in [0.15, 0.2) is 6.10 Å². The van der Waals surface area contributed by atoms with Gasteiger partial charge in [-0.15, -0.1) is 0 Å². The summed E-state index contributed by atoms with van der Waals surface area (Å²) in [7, 11) is 1.35. The lowest BCUT2D eigenvalue weighted by Crippen LogP contribution is -2.27. The van der Waals surface area contributed by atoms with Gasteiger partial charge in [-0.1, -0.05) is 6.92 Å². The van der Waals surface area contributed by atoms with Crippen molar-refractivity contribution in [2.24, 2.45) is 0 Å². The first-order valence-electron chi connectivity index (χ1n) is 4.92. The van der Waals surface area contributed by atoms with Crippen LogP contribution in [0.5, 0.6) is 0 Å². The second kappa shape index (κ2) is 7.76. The molecule has 0 amide bonds. The Morgan fingerprint density at radius 3 is 2.43 bits per heavy atom. The summed E-state index contributed by atoms with van der Waals surface area (Å²) in [6, 6.07) is 0. The van der Waals surface area contributed by atoms with Gasteiger partial charge in [0, 0.05) is 6.61 Å². The number of hydrogen-bond donors (Lipinski definition) is 0. The first-order chi connectivity index (χ1) is 6.61. The van der Waals surface area contributed by atoms with Crippen molar-refractivity contribution in [3.8, 4) is 0 Å². The van der Waals surface area contributed by atoms with Crippen LogP contribution in [0.2, 0.25) is 0 Å². The molecule has 2 atom stereocenters. The lowest BCUT2D eigenvalue weighted by atomic mass is 10.4. The molecule has 0 saturated heterocycles. The fourth-order valence-corrected chi connectivity index (χ4v) is 0.881. The average molecular weight is 204 g/mol. The van der Waals surface area contributed by atoms with Gasteiger partial charge in [0.05, 0.1) is 19.8 Å². The molecule has 0 aromatic rings. The number of rotatable bonds is 7. The summed E-state index contributed by atoms with van der Waals surface area (Å²) in [5, 5.41) is 0. The molecule has 0 fully saturated rings. The van der Waals surface area contributed by atoms with Gasteiger partial charge in [0.2, 0.25) is 0 Å². The smallest absolute Gasteiger partial charge is 0.334 e. The van der Waals surface area contributed by atoms with Gasteiger partial charge in [0.25, 0.3) is 0 Å². The van der Waals surface area contributed by atoms with Crippen molar-refractivity contribution < 1.29 is 19.0 Å². The first-order valence-corrected chi connectivity index (χ1v) is 4.92. The van der Waals surface area contributed by atoms with Crippen LogP contribution in [0.15, 0.2) is 0 Å². The number of carbonyl (C=O) groups is 1. The fraction of sp³-hybridized carbons (Fsp3) is 0.900. The average Bonchev–Trinajstić information content (AvgIpc) is 2.21. The lowest BCUT2D eigenvalue weighted by Gasteiger charge is -2.15. The van der Waals surface area contributed by atoms with E-state index in [4.69, 9.17) is 9.47 Å². The molecule has 0 heterocycles. The SMILES string of the molecule is CCCOC(C)COC(C)C(=O)OC. The van der Waals surface area contributed by atoms with Crippen molar-refractivity contribution >= 4 is 5.97 Å². The molecule has 0 N–H and O–H groups in total. The standard InChI is InChI=1S/C10H20O4/c1-5-6-13-8(2)7-14-9(3)10(11)12-4/h8-9H,5-7H2,1-4H3. The van der Waals surface area contributed by atoms with Crippen LogP contribution in [-0.4, -0.2) is 38.5 Å². The molecular weight excluding hydrogens is 184 g/mol. The Labute approximate surface area is 85.5 Å². The highest BCUT2D eigenvalue weighted by atomic mass is 16.6. The molecule has 0 aliphatic carbocycles. The summed E-state index contributed by atoms with van der Waals surface area (Å²) in [4.78, 5) is 11.0. The maximum Gasteiger partial charge on any atom is 0.334 e. The Balaban J connectivity index is 3.55. The van der Waals surface area contributed by atoms with E-state index in [0.717, 1.165) is 13.0 Å². The maximum atomic E-state index is 11.0. The van der Waals surface area contributed by atoms with Crippen molar-refractivity contribution in [1.82, 2.24) is 0 Å². The second-order valence-electron chi connectivity index (χ2n) is 3.18. The van der Waals surface area contributed by atoms with Crippen LogP contribution < -0.4 is 0 Å². The minimum absolute atomic E-state index is 0.0158. The molecule has 84 valence electrons. The zero-order chi connectivity index (χ0) is 11.0. The minimum Gasteiger partial charge on any atom is -0.467 e. The van der Waals surface area contributed by atoms with E-state index in [9.17, 15) is 4.79 Å². The largest absolute Gasteiger partial charge is 0.467 e. The Morgan fingerprint density at radius 2 is 1.93 bits per heavy atom. The van der Waals surface area contributed by atoms with E-state index in [0.29, 0.717) is 6.61 Å².